The van der Waals surface area contributed by atoms with Gasteiger partial charge < -0.3 is 15.1 Å². The van der Waals surface area contributed by atoms with E-state index in [4.69, 9.17) is 0 Å². The van der Waals surface area contributed by atoms with Gasteiger partial charge in [-0.25, -0.2) is 4.79 Å². The molecule has 1 aromatic carbocycles. The average Bonchev–Trinajstić information content (AvgIpc) is 3.18. The number of nitrogens with zero attached hydrogens (tertiary/aromatic N) is 3. The third kappa shape index (κ3) is 4.03. The zero-order valence-corrected chi connectivity index (χ0v) is 22.5. The summed E-state index contributed by atoms with van der Waals surface area (Å²) in [7, 11) is 0. The molecule has 6 rings (SSSR count). The van der Waals surface area contributed by atoms with Crippen molar-refractivity contribution in [1.29, 1.82) is 0 Å². The average molecular weight is 519 g/mol. The van der Waals surface area contributed by atoms with Crippen LogP contribution in [-0.4, -0.2) is 69.7 Å². The van der Waals surface area contributed by atoms with Crippen molar-refractivity contribution >= 4 is 29.4 Å². The summed E-state index contributed by atoms with van der Waals surface area (Å²) in [5, 5.41) is 2.96. The van der Waals surface area contributed by atoms with Crippen molar-refractivity contribution in [2.45, 2.75) is 76.9 Å². The van der Waals surface area contributed by atoms with E-state index in [1.165, 1.54) is 10.5 Å². The van der Waals surface area contributed by atoms with E-state index in [2.05, 4.69) is 31.3 Å². The van der Waals surface area contributed by atoms with Gasteiger partial charge in [0.05, 0.1) is 18.0 Å². The fourth-order valence-corrected chi connectivity index (χ4v) is 7.47. The Hall–Kier alpha value is -3.16. The number of amides is 5. The summed E-state index contributed by atoms with van der Waals surface area (Å²) in [6.07, 6.45) is 8.10. The van der Waals surface area contributed by atoms with Crippen molar-refractivity contribution < 1.29 is 19.2 Å². The van der Waals surface area contributed by atoms with Gasteiger partial charge in [0, 0.05) is 24.7 Å². The molecule has 6 atom stereocenters. The van der Waals surface area contributed by atoms with E-state index < -0.39 is 12.0 Å². The molecule has 0 spiro atoms. The molecule has 1 N–H and O–H groups in total. The third-order valence-electron chi connectivity index (χ3n) is 9.64. The molecule has 5 amide bonds. The number of hydrogen-bond donors (Lipinski definition) is 1. The Morgan fingerprint density at radius 3 is 2.26 bits per heavy atom. The van der Waals surface area contributed by atoms with Crippen LogP contribution in [0.4, 0.5) is 10.5 Å². The molecule has 8 heteroatoms. The molecule has 0 aromatic heterocycles. The smallest absolute Gasteiger partial charge is 0.322 e. The van der Waals surface area contributed by atoms with E-state index in [9.17, 15) is 19.2 Å². The Morgan fingerprint density at radius 1 is 0.921 bits per heavy atom. The number of nitrogens with one attached hydrogen (secondary N) is 1. The number of imide groups is 1. The molecule has 38 heavy (non-hydrogen) atoms. The second kappa shape index (κ2) is 9.54. The number of benzene rings is 1. The number of rotatable bonds is 4. The summed E-state index contributed by atoms with van der Waals surface area (Å²) in [5.74, 6) is 0.370. The van der Waals surface area contributed by atoms with Gasteiger partial charge in [-0.1, -0.05) is 45.1 Å². The van der Waals surface area contributed by atoms with Crippen LogP contribution >= 0.6 is 0 Å². The number of hydrogen-bond acceptors (Lipinski definition) is 4. The lowest BCUT2D eigenvalue weighted by molar-refractivity contribution is -0.146. The minimum absolute atomic E-state index is 0.0345. The topological polar surface area (TPSA) is 90.0 Å². The van der Waals surface area contributed by atoms with Crippen LogP contribution in [0.1, 0.15) is 64.4 Å². The molecule has 3 saturated heterocycles. The Labute approximate surface area is 224 Å². The van der Waals surface area contributed by atoms with Gasteiger partial charge in [0.1, 0.15) is 6.04 Å². The number of likely N-dealkylation sites (tertiary alicyclic amines) is 3. The molecular weight excluding hydrogens is 480 g/mol. The normalized spacial score (nSPS) is 33.5. The van der Waals surface area contributed by atoms with Crippen LogP contribution in [0.2, 0.25) is 0 Å². The summed E-state index contributed by atoms with van der Waals surface area (Å²) in [4.78, 5) is 58.8. The lowest BCUT2D eigenvalue weighted by Gasteiger charge is -2.32. The Bertz CT molecular complexity index is 1160. The number of carbonyl (C=O) groups excluding carboxylic acids is 4. The van der Waals surface area contributed by atoms with Crippen LogP contribution in [0.3, 0.4) is 0 Å². The number of fused-ring (bicyclic) bond motifs is 2. The fourth-order valence-electron chi connectivity index (χ4n) is 7.47. The molecular formula is C30H38N4O4. The largest absolute Gasteiger partial charge is 0.335 e. The third-order valence-corrected chi connectivity index (χ3v) is 9.64. The van der Waals surface area contributed by atoms with Gasteiger partial charge in [0.15, 0.2) is 0 Å². The van der Waals surface area contributed by atoms with E-state index in [0.717, 1.165) is 19.3 Å². The Morgan fingerprint density at radius 2 is 1.61 bits per heavy atom. The van der Waals surface area contributed by atoms with Crippen molar-refractivity contribution in [1.82, 2.24) is 14.7 Å². The fraction of sp³-hybridized carbons (Fsp3) is 0.600. The SMILES string of the molecule is CC(C)c1ccc(NC(=O)N2CCC[C@H]2C(=O)N2CC[C@H]3[C@H]2[C@H](C)C(=O)N3C(=O)C2C3CC=CCC32)cc1. The molecule has 2 unspecified atom stereocenters. The zero-order chi connectivity index (χ0) is 26.7. The molecule has 2 aliphatic carbocycles. The second-order valence-electron chi connectivity index (χ2n) is 12.1. The number of anilines is 1. The van der Waals surface area contributed by atoms with Crippen LogP contribution < -0.4 is 5.32 Å². The standard InChI is InChI=1S/C30H38N4O4/c1-17(2)19-10-12-20(13-11-19)31-30(38)32-15-6-9-24(32)28(36)33-16-14-23-26(33)18(3)27(35)34(23)29(37)25-21-7-4-5-8-22(21)25/h4-5,10-13,17-18,21-26H,6-9,14-16H2,1-3H3,(H,31,38)/t18-,21?,22?,23-,24-,25?,26+/m0/s1. The number of carbonyl (C=O) groups is 4. The molecule has 3 aliphatic heterocycles. The highest BCUT2D eigenvalue weighted by Gasteiger charge is 2.62. The number of allylic oxidation sites excluding steroid dienone is 2. The first kappa shape index (κ1) is 25.1. The van der Waals surface area contributed by atoms with Crippen molar-refractivity contribution in [2.24, 2.45) is 23.7 Å². The summed E-state index contributed by atoms with van der Waals surface area (Å²) in [6, 6.07) is 6.42. The highest BCUT2D eigenvalue weighted by molar-refractivity contribution is 6.02. The Balaban J connectivity index is 1.13. The molecule has 3 heterocycles. The molecule has 1 aromatic rings. The van der Waals surface area contributed by atoms with Crippen molar-refractivity contribution in [3.63, 3.8) is 0 Å². The highest BCUT2D eigenvalue weighted by Crippen LogP contribution is 2.55. The molecule has 0 radical (unpaired) electrons. The predicted octanol–water partition coefficient (Wildman–Crippen LogP) is 3.99. The highest BCUT2D eigenvalue weighted by atomic mass is 16.2. The van der Waals surface area contributed by atoms with Gasteiger partial charge in [0.2, 0.25) is 17.7 Å². The van der Waals surface area contributed by atoms with Gasteiger partial charge in [-0.15, -0.1) is 0 Å². The van der Waals surface area contributed by atoms with Gasteiger partial charge in [0.25, 0.3) is 0 Å². The van der Waals surface area contributed by atoms with E-state index in [-0.39, 0.29) is 41.8 Å². The first-order valence-corrected chi connectivity index (χ1v) is 14.3. The number of urea groups is 1. The molecule has 5 aliphatic rings. The van der Waals surface area contributed by atoms with Crippen LogP contribution in [0.25, 0.3) is 0 Å². The van der Waals surface area contributed by atoms with Gasteiger partial charge >= 0.3 is 6.03 Å². The maximum atomic E-state index is 13.8. The second-order valence-corrected chi connectivity index (χ2v) is 12.1. The van der Waals surface area contributed by atoms with Crippen LogP contribution in [0, 0.1) is 23.7 Å². The van der Waals surface area contributed by atoms with Crippen LogP contribution in [-0.2, 0) is 14.4 Å². The molecule has 202 valence electrons. The maximum Gasteiger partial charge on any atom is 0.322 e. The van der Waals surface area contributed by atoms with E-state index in [0.29, 0.717) is 49.4 Å². The van der Waals surface area contributed by atoms with Gasteiger partial charge in [-0.3, -0.25) is 19.3 Å². The van der Waals surface area contributed by atoms with Crippen molar-refractivity contribution in [3.05, 3.63) is 42.0 Å². The van der Waals surface area contributed by atoms with Crippen molar-refractivity contribution in [3.8, 4) is 0 Å². The van der Waals surface area contributed by atoms with Crippen molar-refractivity contribution in [2.75, 3.05) is 18.4 Å². The summed E-state index contributed by atoms with van der Waals surface area (Å²) < 4.78 is 0. The first-order chi connectivity index (χ1) is 18.3. The minimum atomic E-state index is -0.548. The molecule has 8 nitrogen and oxygen atoms in total. The minimum Gasteiger partial charge on any atom is -0.335 e. The lowest BCUT2D eigenvalue weighted by atomic mass is 10.0. The van der Waals surface area contributed by atoms with Crippen LogP contribution in [0.5, 0.6) is 0 Å². The zero-order valence-electron chi connectivity index (χ0n) is 22.5. The first-order valence-electron chi connectivity index (χ1n) is 14.3. The summed E-state index contributed by atoms with van der Waals surface area (Å²) in [5.41, 5.74) is 1.91. The monoisotopic (exact) mass is 518 g/mol. The quantitative estimate of drug-likeness (QED) is 0.482. The lowest BCUT2D eigenvalue weighted by Crippen LogP contribution is -2.52. The summed E-state index contributed by atoms with van der Waals surface area (Å²) >= 11 is 0. The van der Waals surface area contributed by atoms with Gasteiger partial charge in [-0.05, 0) is 67.6 Å². The Kier molecular flexibility index (Phi) is 6.31. The summed E-state index contributed by atoms with van der Waals surface area (Å²) in [6.45, 7) is 7.13. The van der Waals surface area contributed by atoms with E-state index in [1.54, 1.807) is 9.80 Å². The van der Waals surface area contributed by atoms with Gasteiger partial charge in [-0.2, -0.15) is 0 Å². The molecule has 4 fully saturated rings. The van der Waals surface area contributed by atoms with E-state index >= 15 is 0 Å². The maximum absolute atomic E-state index is 13.8. The molecule has 1 saturated carbocycles. The van der Waals surface area contributed by atoms with E-state index in [1.807, 2.05) is 31.2 Å². The van der Waals surface area contributed by atoms with Crippen LogP contribution in [0.15, 0.2) is 36.4 Å². The predicted molar refractivity (Wildman–Crippen MR) is 143 cm³/mol. The molecule has 0 bridgehead atoms.